The first-order valence-corrected chi connectivity index (χ1v) is 6.99. The average molecular weight is 302 g/mol. The van der Waals surface area contributed by atoms with E-state index < -0.39 is 37.0 Å². The summed E-state index contributed by atoms with van der Waals surface area (Å²) in [5, 5.41) is 19.9. The van der Waals surface area contributed by atoms with Crippen molar-refractivity contribution in [1.29, 1.82) is 0 Å². The number of hydrogen-bond acceptors (Lipinski definition) is 5. The number of rotatable bonds is 5. The van der Waals surface area contributed by atoms with Crippen molar-refractivity contribution in [3.63, 3.8) is 0 Å². The summed E-state index contributed by atoms with van der Waals surface area (Å²) in [7, 11) is -4.34. The first-order chi connectivity index (χ1) is 8.99. The van der Waals surface area contributed by atoms with E-state index in [1.165, 1.54) is 19.1 Å². The summed E-state index contributed by atoms with van der Waals surface area (Å²) in [4.78, 5) is 20.5. The standard InChI is InChI=1S/C11H14N2O6S/c1-7-5-4-6-8(13(16)17)9(7)20(18,19)12-11(2,3)10(14)15/h4-6,12H,1-3H3,(H,14,15). The van der Waals surface area contributed by atoms with E-state index in [4.69, 9.17) is 5.11 Å². The molecule has 0 saturated carbocycles. The maximum atomic E-state index is 12.2. The maximum absolute atomic E-state index is 12.2. The molecule has 0 saturated heterocycles. The third kappa shape index (κ3) is 3.11. The molecule has 0 unspecified atom stereocenters. The maximum Gasteiger partial charge on any atom is 0.324 e. The number of hydrogen-bond donors (Lipinski definition) is 2. The van der Waals surface area contributed by atoms with E-state index in [1.807, 2.05) is 4.72 Å². The fourth-order valence-corrected chi connectivity index (χ4v) is 3.33. The number of benzene rings is 1. The smallest absolute Gasteiger partial charge is 0.324 e. The molecule has 0 spiro atoms. The van der Waals surface area contributed by atoms with Gasteiger partial charge in [-0.25, -0.2) is 8.42 Å². The van der Waals surface area contributed by atoms with Crippen LogP contribution in [0, 0.1) is 17.0 Å². The quantitative estimate of drug-likeness (QED) is 0.618. The second-order valence-electron chi connectivity index (χ2n) is 4.72. The highest BCUT2D eigenvalue weighted by atomic mass is 32.2. The first-order valence-electron chi connectivity index (χ1n) is 5.50. The number of nitrogens with one attached hydrogen (secondary N) is 1. The Labute approximate surface area is 115 Å². The van der Waals surface area contributed by atoms with Gasteiger partial charge in [0.2, 0.25) is 10.0 Å². The van der Waals surface area contributed by atoms with Crippen LogP contribution in [0.1, 0.15) is 19.4 Å². The number of carboxylic acid groups (broad SMARTS) is 1. The molecule has 0 aliphatic heterocycles. The minimum absolute atomic E-state index is 0.160. The zero-order valence-electron chi connectivity index (χ0n) is 11.1. The van der Waals surface area contributed by atoms with Gasteiger partial charge in [-0.05, 0) is 26.3 Å². The Morgan fingerprint density at radius 3 is 2.40 bits per heavy atom. The van der Waals surface area contributed by atoms with E-state index in [9.17, 15) is 23.3 Å². The molecule has 8 nitrogen and oxygen atoms in total. The Morgan fingerprint density at radius 1 is 1.40 bits per heavy atom. The fraction of sp³-hybridized carbons (Fsp3) is 0.364. The van der Waals surface area contributed by atoms with Crippen LogP contribution in [0.25, 0.3) is 0 Å². The Balaban J connectivity index is 3.44. The van der Waals surface area contributed by atoms with Crippen molar-refractivity contribution in [2.45, 2.75) is 31.2 Å². The van der Waals surface area contributed by atoms with Gasteiger partial charge in [0.05, 0.1) is 4.92 Å². The van der Waals surface area contributed by atoms with Gasteiger partial charge in [0, 0.05) is 6.07 Å². The monoisotopic (exact) mass is 302 g/mol. The van der Waals surface area contributed by atoms with Gasteiger partial charge in [0.25, 0.3) is 5.69 Å². The van der Waals surface area contributed by atoms with Crippen molar-refractivity contribution < 1.29 is 23.2 Å². The van der Waals surface area contributed by atoms with E-state index in [-0.39, 0.29) is 5.56 Å². The summed E-state index contributed by atoms with van der Waals surface area (Å²) in [5.41, 5.74) is -2.22. The van der Waals surface area contributed by atoms with Gasteiger partial charge in [0.15, 0.2) is 4.90 Å². The molecule has 0 amide bonds. The van der Waals surface area contributed by atoms with Crippen molar-refractivity contribution in [2.75, 3.05) is 0 Å². The zero-order valence-corrected chi connectivity index (χ0v) is 11.9. The van der Waals surface area contributed by atoms with Gasteiger partial charge in [-0.1, -0.05) is 12.1 Å². The second-order valence-corrected chi connectivity index (χ2v) is 6.34. The van der Waals surface area contributed by atoms with Crippen molar-refractivity contribution in [3.05, 3.63) is 33.9 Å². The summed E-state index contributed by atoms with van der Waals surface area (Å²) in [6.07, 6.45) is 0. The van der Waals surface area contributed by atoms with Crippen LogP contribution in [0.3, 0.4) is 0 Å². The highest BCUT2D eigenvalue weighted by Crippen LogP contribution is 2.27. The highest BCUT2D eigenvalue weighted by molar-refractivity contribution is 7.89. The Morgan fingerprint density at radius 2 is 1.95 bits per heavy atom. The fourth-order valence-electron chi connectivity index (χ4n) is 1.56. The number of carboxylic acids is 1. The van der Waals surface area contributed by atoms with Crippen LogP contribution < -0.4 is 4.72 Å². The lowest BCUT2D eigenvalue weighted by Gasteiger charge is -2.21. The molecule has 20 heavy (non-hydrogen) atoms. The summed E-state index contributed by atoms with van der Waals surface area (Å²) >= 11 is 0. The normalized spacial score (nSPS) is 12.2. The summed E-state index contributed by atoms with van der Waals surface area (Å²) in [5.74, 6) is -1.39. The Bertz CT molecular complexity index is 665. The summed E-state index contributed by atoms with van der Waals surface area (Å²) in [6.45, 7) is 3.70. The number of aliphatic carboxylic acids is 1. The molecule has 1 rings (SSSR count). The van der Waals surface area contributed by atoms with Crippen LogP contribution in [0.4, 0.5) is 5.69 Å². The molecule has 9 heteroatoms. The molecule has 0 radical (unpaired) electrons. The SMILES string of the molecule is Cc1cccc([N+](=O)[O-])c1S(=O)(=O)NC(C)(C)C(=O)O. The highest BCUT2D eigenvalue weighted by Gasteiger charge is 2.36. The third-order valence-electron chi connectivity index (χ3n) is 2.58. The summed E-state index contributed by atoms with van der Waals surface area (Å²) < 4.78 is 26.4. The molecule has 0 aromatic heterocycles. The number of sulfonamides is 1. The van der Waals surface area contributed by atoms with Crippen molar-refractivity contribution in [1.82, 2.24) is 4.72 Å². The van der Waals surface area contributed by atoms with Gasteiger partial charge in [-0.15, -0.1) is 0 Å². The molecule has 0 atom stereocenters. The third-order valence-corrected chi connectivity index (χ3v) is 4.43. The van der Waals surface area contributed by atoms with Gasteiger partial charge in [-0.3, -0.25) is 14.9 Å². The molecule has 0 heterocycles. The lowest BCUT2D eigenvalue weighted by atomic mass is 10.1. The van der Waals surface area contributed by atoms with Crippen LogP contribution in [-0.4, -0.2) is 30.0 Å². The van der Waals surface area contributed by atoms with Crippen molar-refractivity contribution in [2.24, 2.45) is 0 Å². The van der Waals surface area contributed by atoms with Gasteiger partial charge in [0.1, 0.15) is 5.54 Å². The van der Waals surface area contributed by atoms with Crippen LogP contribution >= 0.6 is 0 Å². The van der Waals surface area contributed by atoms with Crippen molar-refractivity contribution >= 4 is 21.7 Å². The first kappa shape index (κ1) is 16.1. The van der Waals surface area contributed by atoms with E-state index in [1.54, 1.807) is 0 Å². The van der Waals surface area contributed by atoms with Crippen LogP contribution in [0.15, 0.2) is 23.1 Å². The molecule has 0 fully saturated rings. The lowest BCUT2D eigenvalue weighted by molar-refractivity contribution is -0.387. The van der Waals surface area contributed by atoms with Crippen LogP contribution in [0.2, 0.25) is 0 Å². The lowest BCUT2D eigenvalue weighted by Crippen LogP contribution is -2.49. The molecule has 0 bridgehead atoms. The number of nitro benzene ring substituents is 1. The van der Waals surface area contributed by atoms with E-state index in [0.717, 1.165) is 19.9 Å². The second kappa shape index (κ2) is 5.17. The van der Waals surface area contributed by atoms with E-state index in [2.05, 4.69) is 0 Å². The number of nitro groups is 1. The molecule has 0 aliphatic rings. The summed E-state index contributed by atoms with van der Waals surface area (Å²) in [6, 6.07) is 3.81. The van der Waals surface area contributed by atoms with Crippen LogP contribution in [-0.2, 0) is 14.8 Å². The molecular weight excluding hydrogens is 288 g/mol. The molecular formula is C11H14N2O6S. The number of aryl methyl sites for hydroxylation is 1. The zero-order chi connectivity index (χ0) is 15.7. The average Bonchev–Trinajstić information content (AvgIpc) is 2.26. The van der Waals surface area contributed by atoms with Crippen LogP contribution in [0.5, 0.6) is 0 Å². The number of nitrogens with zero attached hydrogens (tertiary/aromatic N) is 1. The predicted octanol–water partition coefficient (Wildman–Crippen LogP) is 1.04. The Hall–Kier alpha value is -2.00. The number of carbonyl (C=O) groups is 1. The minimum Gasteiger partial charge on any atom is -0.480 e. The molecule has 0 aliphatic carbocycles. The van der Waals surface area contributed by atoms with Gasteiger partial charge < -0.3 is 5.11 Å². The molecule has 2 N–H and O–H groups in total. The molecule has 1 aromatic rings. The predicted molar refractivity (Wildman–Crippen MR) is 69.9 cm³/mol. The van der Waals surface area contributed by atoms with Gasteiger partial charge >= 0.3 is 5.97 Å². The molecule has 1 aromatic carbocycles. The largest absolute Gasteiger partial charge is 0.480 e. The molecule has 110 valence electrons. The van der Waals surface area contributed by atoms with E-state index >= 15 is 0 Å². The van der Waals surface area contributed by atoms with E-state index in [0.29, 0.717) is 0 Å². The van der Waals surface area contributed by atoms with Gasteiger partial charge in [-0.2, -0.15) is 4.72 Å². The van der Waals surface area contributed by atoms with Crippen molar-refractivity contribution in [3.8, 4) is 0 Å². The minimum atomic E-state index is -4.34. The Kier molecular flexibility index (Phi) is 4.15. The topological polar surface area (TPSA) is 127 Å².